The zero-order valence-electron chi connectivity index (χ0n) is 13.2. The van der Waals surface area contributed by atoms with E-state index in [4.69, 9.17) is 5.73 Å². The molecule has 0 aliphatic carbocycles. The third-order valence-electron chi connectivity index (χ3n) is 4.05. The summed E-state index contributed by atoms with van der Waals surface area (Å²) >= 11 is 4.24. The Bertz CT molecular complexity index is 441. The molecule has 1 aromatic rings. The highest BCUT2D eigenvalue weighted by atomic mass is 32.2. The van der Waals surface area contributed by atoms with Crippen LogP contribution >= 0.6 is 23.5 Å². The Labute approximate surface area is 137 Å². The largest absolute Gasteiger partial charge is 0.383 e. The Morgan fingerprint density at radius 3 is 2.90 bits per heavy atom. The second kappa shape index (κ2) is 8.30. The number of anilines is 1. The van der Waals surface area contributed by atoms with Crippen molar-refractivity contribution >= 4 is 29.3 Å². The van der Waals surface area contributed by atoms with E-state index in [1.165, 1.54) is 11.3 Å². The number of nitrogens with two attached hydrogens (primary N) is 1. The molecule has 2 heterocycles. The van der Waals surface area contributed by atoms with Crippen molar-refractivity contribution in [1.82, 2.24) is 10.3 Å². The third-order valence-corrected chi connectivity index (χ3v) is 7.60. The summed E-state index contributed by atoms with van der Waals surface area (Å²) in [7, 11) is 0. The van der Waals surface area contributed by atoms with Crippen molar-refractivity contribution < 1.29 is 0 Å². The second-order valence-electron chi connectivity index (χ2n) is 5.73. The monoisotopic (exact) mass is 325 g/mol. The number of rotatable bonds is 6. The maximum atomic E-state index is 6.03. The van der Waals surface area contributed by atoms with Gasteiger partial charge in [0.15, 0.2) is 0 Å². The van der Waals surface area contributed by atoms with Crippen LogP contribution in [0.3, 0.4) is 0 Å². The van der Waals surface area contributed by atoms with Gasteiger partial charge in [-0.25, -0.2) is 4.98 Å². The van der Waals surface area contributed by atoms with Crippen LogP contribution in [-0.4, -0.2) is 39.1 Å². The first-order valence-electron chi connectivity index (χ1n) is 7.81. The Kier molecular flexibility index (Phi) is 6.71. The maximum Gasteiger partial charge on any atom is 0.126 e. The molecule has 1 fully saturated rings. The molecule has 1 aromatic heterocycles. The first kappa shape index (κ1) is 17.0. The fourth-order valence-electron chi connectivity index (χ4n) is 2.54. The Hall–Kier alpha value is -0.390. The van der Waals surface area contributed by atoms with Crippen molar-refractivity contribution in [3.63, 3.8) is 0 Å². The SMILES string of the molecule is CCCNC(Cc1cccnc1N)C1CSC(C)C(C)S1. The summed E-state index contributed by atoms with van der Waals surface area (Å²) in [5, 5.41) is 5.84. The number of pyridine rings is 1. The summed E-state index contributed by atoms with van der Waals surface area (Å²) in [5.74, 6) is 1.90. The highest BCUT2D eigenvalue weighted by Crippen LogP contribution is 2.37. The average Bonchev–Trinajstić information content (AvgIpc) is 2.48. The molecule has 118 valence electrons. The maximum absolute atomic E-state index is 6.03. The van der Waals surface area contributed by atoms with Gasteiger partial charge in [-0.15, -0.1) is 0 Å². The molecule has 0 spiro atoms. The molecule has 0 bridgehead atoms. The summed E-state index contributed by atoms with van der Waals surface area (Å²) in [5.41, 5.74) is 7.19. The summed E-state index contributed by atoms with van der Waals surface area (Å²) in [4.78, 5) is 4.22. The van der Waals surface area contributed by atoms with Crippen LogP contribution in [0.1, 0.15) is 32.8 Å². The summed E-state index contributed by atoms with van der Waals surface area (Å²) < 4.78 is 0. The number of aromatic nitrogens is 1. The lowest BCUT2D eigenvalue weighted by Crippen LogP contribution is -2.45. The van der Waals surface area contributed by atoms with Crippen LogP contribution in [0.15, 0.2) is 18.3 Å². The molecular weight excluding hydrogens is 298 g/mol. The van der Waals surface area contributed by atoms with E-state index in [2.05, 4.69) is 60.7 Å². The van der Waals surface area contributed by atoms with Gasteiger partial charge in [0.05, 0.1) is 0 Å². The van der Waals surface area contributed by atoms with Crippen LogP contribution < -0.4 is 11.1 Å². The number of hydrogen-bond donors (Lipinski definition) is 2. The van der Waals surface area contributed by atoms with Crippen LogP contribution in [-0.2, 0) is 6.42 Å². The molecule has 1 aliphatic heterocycles. The van der Waals surface area contributed by atoms with Crippen molar-refractivity contribution in [2.75, 3.05) is 18.0 Å². The normalized spacial score (nSPS) is 27.5. The van der Waals surface area contributed by atoms with E-state index in [-0.39, 0.29) is 0 Å². The highest BCUT2D eigenvalue weighted by Gasteiger charge is 2.31. The number of thioether (sulfide) groups is 2. The van der Waals surface area contributed by atoms with E-state index in [0.29, 0.717) is 22.4 Å². The molecule has 1 aliphatic rings. The van der Waals surface area contributed by atoms with Crippen molar-refractivity contribution in [3.8, 4) is 0 Å². The van der Waals surface area contributed by atoms with E-state index >= 15 is 0 Å². The molecule has 0 aromatic carbocycles. The van der Waals surface area contributed by atoms with Crippen molar-refractivity contribution in [1.29, 1.82) is 0 Å². The van der Waals surface area contributed by atoms with Gasteiger partial charge >= 0.3 is 0 Å². The van der Waals surface area contributed by atoms with Crippen LogP contribution in [0.25, 0.3) is 0 Å². The van der Waals surface area contributed by atoms with E-state index in [1.54, 1.807) is 6.20 Å². The van der Waals surface area contributed by atoms with Gasteiger partial charge < -0.3 is 11.1 Å². The Morgan fingerprint density at radius 1 is 1.43 bits per heavy atom. The van der Waals surface area contributed by atoms with Gasteiger partial charge in [0.1, 0.15) is 5.82 Å². The van der Waals surface area contributed by atoms with Gasteiger partial charge in [-0.05, 0) is 31.0 Å². The fourth-order valence-corrected chi connectivity index (χ4v) is 5.67. The van der Waals surface area contributed by atoms with Gasteiger partial charge in [-0.2, -0.15) is 23.5 Å². The van der Waals surface area contributed by atoms with Crippen LogP contribution in [0.4, 0.5) is 5.82 Å². The summed E-state index contributed by atoms with van der Waals surface area (Å²) in [6.07, 6.45) is 3.90. The van der Waals surface area contributed by atoms with E-state index in [0.717, 1.165) is 24.6 Å². The minimum absolute atomic E-state index is 0.476. The molecule has 1 saturated heterocycles. The zero-order valence-corrected chi connectivity index (χ0v) is 14.8. The number of hydrogen-bond acceptors (Lipinski definition) is 5. The van der Waals surface area contributed by atoms with Gasteiger partial charge in [0.2, 0.25) is 0 Å². The molecule has 4 atom stereocenters. The standard InChI is InChI=1S/C16H27N3S2/c1-4-7-18-14(9-13-6-5-8-19-16(13)17)15-10-20-11(2)12(3)21-15/h5-6,8,11-12,14-15,18H,4,7,9-10H2,1-3H3,(H2,17,19). The molecule has 5 heteroatoms. The van der Waals surface area contributed by atoms with E-state index in [1.807, 2.05) is 6.07 Å². The van der Waals surface area contributed by atoms with Gasteiger partial charge in [0.25, 0.3) is 0 Å². The molecule has 3 nitrogen and oxygen atoms in total. The Balaban J connectivity index is 2.05. The lowest BCUT2D eigenvalue weighted by molar-refractivity contribution is 0.504. The first-order chi connectivity index (χ1) is 10.1. The van der Waals surface area contributed by atoms with Crippen LogP contribution in [0.2, 0.25) is 0 Å². The second-order valence-corrected chi connectivity index (χ2v) is 8.76. The average molecular weight is 326 g/mol. The molecule has 0 radical (unpaired) electrons. The van der Waals surface area contributed by atoms with E-state index < -0.39 is 0 Å². The zero-order chi connectivity index (χ0) is 15.2. The predicted molar refractivity (Wildman–Crippen MR) is 97.2 cm³/mol. The molecule has 3 N–H and O–H groups in total. The predicted octanol–water partition coefficient (Wildman–Crippen LogP) is 3.20. The van der Waals surface area contributed by atoms with Crippen molar-refractivity contribution in [2.45, 2.75) is 55.4 Å². The van der Waals surface area contributed by atoms with Crippen molar-refractivity contribution in [3.05, 3.63) is 23.9 Å². The molecule has 0 saturated carbocycles. The topological polar surface area (TPSA) is 50.9 Å². The van der Waals surface area contributed by atoms with E-state index in [9.17, 15) is 0 Å². The quantitative estimate of drug-likeness (QED) is 0.841. The van der Waals surface area contributed by atoms with Crippen LogP contribution in [0, 0.1) is 0 Å². The molecule has 4 unspecified atom stereocenters. The molecular formula is C16H27N3S2. The Morgan fingerprint density at radius 2 is 2.24 bits per heavy atom. The molecule has 21 heavy (non-hydrogen) atoms. The highest BCUT2D eigenvalue weighted by molar-refractivity contribution is 8.07. The van der Waals surface area contributed by atoms with Crippen LogP contribution in [0.5, 0.6) is 0 Å². The minimum atomic E-state index is 0.476. The fraction of sp³-hybridized carbons (Fsp3) is 0.688. The smallest absolute Gasteiger partial charge is 0.126 e. The lowest BCUT2D eigenvalue weighted by Gasteiger charge is -2.36. The summed E-state index contributed by atoms with van der Waals surface area (Å²) in [6.45, 7) is 7.97. The first-order valence-corrected chi connectivity index (χ1v) is 9.80. The van der Waals surface area contributed by atoms with Gasteiger partial charge in [-0.3, -0.25) is 0 Å². The molecule has 2 rings (SSSR count). The molecule has 0 amide bonds. The third kappa shape index (κ3) is 4.80. The van der Waals surface area contributed by atoms with Gasteiger partial charge in [0, 0.05) is 33.7 Å². The van der Waals surface area contributed by atoms with Gasteiger partial charge in [-0.1, -0.05) is 26.8 Å². The number of nitrogen functional groups attached to an aromatic ring is 1. The minimum Gasteiger partial charge on any atom is -0.383 e. The van der Waals surface area contributed by atoms with Crippen molar-refractivity contribution in [2.24, 2.45) is 0 Å². The number of nitrogens with zero attached hydrogens (tertiary/aromatic N) is 1. The lowest BCUT2D eigenvalue weighted by atomic mass is 10.0. The number of nitrogens with one attached hydrogen (secondary N) is 1. The summed E-state index contributed by atoms with van der Waals surface area (Å²) in [6, 6.07) is 4.56.